The molecular weight excluding hydrogens is 508 g/mol. The third kappa shape index (κ3) is 2.93. The molecule has 4 aromatic rings. The lowest BCUT2D eigenvalue weighted by Gasteiger charge is -2.63. The molecule has 0 unspecified atom stereocenters. The van der Waals surface area contributed by atoms with Crippen LogP contribution in [0.3, 0.4) is 0 Å². The summed E-state index contributed by atoms with van der Waals surface area (Å²) >= 11 is 0. The Bertz CT molecular complexity index is 1630. The number of hydrogen-bond donors (Lipinski definition) is 2. The van der Waals surface area contributed by atoms with Gasteiger partial charge in [0.05, 0.1) is 16.7 Å². The first-order valence-electron chi connectivity index (χ1n) is 14.2. The topological polar surface area (TPSA) is 57.9 Å². The fourth-order valence-corrected chi connectivity index (χ4v) is 8.74. The standard InChI is InChI=1S/C33H32N2O3.ClH/c36-26-13-12-22-16-27-33(37)17-24-23-8-4-5-9-25(23)35(19-20-6-2-1-3-7-20)29(24)31-32(33,28(22)30(26)38-31)14-15-34(27)18-21-10-11-21;/h1-9,12-13,21,27,31,36-37H,10-11,14-19H2;1H/t27-,31+,32-,33-;/m1./s1. The molecule has 1 saturated carbocycles. The van der Waals surface area contributed by atoms with Gasteiger partial charge in [-0.1, -0.05) is 54.6 Å². The first-order chi connectivity index (χ1) is 18.6. The first-order valence-corrected chi connectivity index (χ1v) is 14.2. The van der Waals surface area contributed by atoms with Gasteiger partial charge in [0.1, 0.15) is 0 Å². The Kier molecular flexibility index (Phi) is 4.91. The van der Waals surface area contributed by atoms with Crippen molar-refractivity contribution >= 4 is 23.3 Å². The van der Waals surface area contributed by atoms with Crippen LogP contribution in [-0.2, 0) is 24.8 Å². The van der Waals surface area contributed by atoms with Crippen molar-refractivity contribution in [1.29, 1.82) is 0 Å². The molecule has 2 N–H and O–H groups in total. The van der Waals surface area contributed by atoms with E-state index in [0.29, 0.717) is 12.2 Å². The summed E-state index contributed by atoms with van der Waals surface area (Å²) in [5, 5.41) is 25.3. The predicted molar refractivity (Wildman–Crippen MR) is 153 cm³/mol. The number of piperidine rings is 1. The van der Waals surface area contributed by atoms with E-state index in [2.05, 4.69) is 70.1 Å². The summed E-state index contributed by atoms with van der Waals surface area (Å²) in [5.41, 5.74) is 5.63. The van der Waals surface area contributed by atoms with Gasteiger partial charge >= 0.3 is 0 Å². The molecule has 5 nitrogen and oxygen atoms in total. The number of ether oxygens (including phenoxy) is 1. The van der Waals surface area contributed by atoms with Crippen LogP contribution < -0.4 is 4.74 Å². The molecule has 1 saturated heterocycles. The summed E-state index contributed by atoms with van der Waals surface area (Å²) in [6.45, 7) is 2.79. The molecule has 3 heterocycles. The molecule has 200 valence electrons. The van der Waals surface area contributed by atoms with Crippen molar-refractivity contribution in [2.45, 2.75) is 61.8 Å². The number of benzene rings is 3. The summed E-state index contributed by atoms with van der Waals surface area (Å²) in [5.74, 6) is 1.57. The Morgan fingerprint density at radius 3 is 2.59 bits per heavy atom. The first kappa shape index (κ1) is 23.9. The molecule has 9 rings (SSSR count). The van der Waals surface area contributed by atoms with E-state index < -0.39 is 11.0 Å². The van der Waals surface area contributed by atoms with Crippen LogP contribution >= 0.6 is 12.4 Å². The number of aromatic hydroxyl groups is 1. The fourth-order valence-electron chi connectivity index (χ4n) is 8.74. The zero-order valence-electron chi connectivity index (χ0n) is 21.8. The number of phenolic OH excluding ortho intramolecular Hbond substituents is 1. The monoisotopic (exact) mass is 540 g/mol. The summed E-state index contributed by atoms with van der Waals surface area (Å²) in [7, 11) is 0. The SMILES string of the molecule is Cl.Oc1ccc2c3c1O[C@H]1c4c(c5ccccc5n4Cc4ccccc4)C[C@@]4(O)[C@@H](C2)N(CC2CC2)CC[C@@]314. The van der Waals surface area contributed by atoms with E-state index in [1.807, 2.05) is 0 Å². The second-order valence-corrected chi connectivity index (χ2v) is 12.4. The average Bonchev–Trinajstić information content (AvgIpc) is 3.61. The second-order valence-electron chi connectivity index (χ2n) is 12.4. The Labute approximate surface area is 234 Å². The molecule has 0 radical (unpaired) electrons. The van der Waals surface area contributed by atoms with Crippen LogP contribution in [0.4, 0.5) is 0 Å². The van der Waals surface area contributed by atoms with Crippen molar-refractivity contribution in [2.75, 3.05) is 13.1 Å². The van der Waals surface area contributed by atoms with Crippen LogP contribution in [0.5, 0.6) is 11.5 Å². The second kappa shape index (κ2) is 8.03. The van der Waals surface area contributed by atoms with Gasteiger partial charge in [-0.05, 0) is 67.0 Å². The van der Waals surface area contributed by atoms with Crippen LogP contribution in [0, 0.1) is 5.92 Å². The van der Waals surface area contributed by atoms with Crippen molar-refractivity contribution < 1.29 is 14.9 Å². The molecule has 3 aliphatic carbocycles. The van der Waals surface area contributed by atoms with Crippen LogP contribution in [0.15, 0.2) is 66.7 Å². The van der Waals surface area contributed by atoms with E-state index in [-0.39, 0.29) is 30.3 Å². The molecule has 6 heteroatoms. The Balaban J connectivity index is 0.00000235. The molecule has 5 aliphatic rings. The average molecular weight is 541 g/mol. The number of fused-ring (bicyclic) bond motifs is 4. The molecule has 2 aliphatic heterocycles. The van der Waals surface area contributed by atoms with Crippen LogP contribution in [0.25, 0.3) is 10.9 Å². The van der Waals surface area contributed by atoms with Gasteiger partial charge in [-0.25, -0.2) is 0 Å². The van der Waals surface area contributed by atoms with E-state index >= 15 is 0 Å². The minimum atomic E-state index is -0.953. The van der Waals surface area contributed by atoms with Crippen LogP contribution in [0.1, 0.15) is 53.3 Å². The molecule has 2 bridgehead atoms. The van der Waals surface area contributed by atoms with Crippen LogP contribution in [-0.4, -0.2) is 44.4 Å². The predicted octanol–water partition coefficient (Wildman–Crippen LogP) is 5.52. The van der Waals surface area contributed by atoms with E-state index in [0.717, 1.165) is 44.0 Å². The summed E-state index contributed by atoms with van der Waals surface area (Å²) in [6, 6.07) is 23.2. The van der Waals surface area contributed by atoms with Gasteiger partial charge < -0.3 is 19.5 Å². The normalized spacial score (nSPS) is 29.9. The number of nitrogens with zero attached hydrogens (tertiary/aromatic N) is 2. The van der Waals surface area contributed by atoms with Gasteiger partial charge in [-0.3, -0.25) is 4.90 Å². The van der Waals surface area contributed by atoms with Crippen LogP contribution in [0.2, 0.25) is 0 Å². The van der Waals surface area contributed by atoms with Crippen molar-refractivity contribution in [3.63, 3.8) is 0 Å². The maximum Gasteiger partial charge on any atom is 0.166 e. The fraction of sp³-hybridized carbons (Fsp3) is 0.394. The molecule has 0 amide bonds. The highest BCUT2D eigenvalue weighted by molar-refractivity contribution is 5.87. The Morgan fingerprint density at radius 1 is 0.974 bits per heavy atom. The lowest BCUT2D eigenvalue weighted by molar-refractivity contribution is -0.173. The van der Waals surface area contributed by atoms with Crippen molar-refractivity contribution in [3.05, 3.63) is 94.7 Å². The largest absolute Gasteiger partial charge is 0.504 e. The van der Waals surface area contributed by atoms with E-state index in [9.17, 15) is 10.2 Å². The highest BCUT2D eigenvalue weighted by Crippen LogP contribution is 2.69. The Hall–Kier alpha value is -2.99. The zero-order chi connectivity index (χ0) is 25.2. The van der Waals surface area contributed by atoms with Crippen molar-refractivity contribution in [3.8, 4) is 11.5 Å². The molecule has 1 spiro atoms. The number of halogens is 1. The maximum atomic E-state index is 13.1. The Morgan fingerprint density at radius 2 is 1.77 bits per heavy atom. The number of aliphatic hydroxyl groups is 1. The zero-order valence-corrected chi connectivity index (χ0v) is 22.7. The third-order valence-electron chi connectivity index (χ3n) is 10.5. The lowest BCUT2D eigenvalue weighted by atomic mass is 9.49. The van der Waals surface area contributed by atoms with Gasteiger partial charge in [0.2, 0.25) is 0 Å². The van der Waals surface area contributed by atoms with E-state index in [1.165, 1.54) is 46.1 Å². The van der Waals surface area contributed by atoms with Gasteiger partial charge in [0.15, 0.2) is 17.6 Å². The number of rotatable bonds is 4. The van der Waals surface area contributed by atoms with E-state index in [4.69, 9.17) is 4.74 Å². The summed E-state index contributed by atoms with van der Waals surface area (Å²) in [6.07, 6.45) is 4.55. The number of phenols is 1. The minimum Gasteiger partial charge on any atom is -0.504 e. The highest BCUT2D eigenvalue weighted by atomic mass is 35.5. The smallest absolute Gasteiger partial charge is 0.166 e. The summed E-state index contributed by atoms with van der Waals surface area (Å²) < 4.78 is 9.32. The molecule has 39 heavy (non-hydrogen) atoms. The van der Waals surface area contributed by atoms with Crippen molar-refractivity contribution in [1.82, 2.24) is 9.47 Å². The molecule has 2 fully saturated rings. The van der Waals surface area contributed by atoms with Gasteiger partial charge in [0.25, 0.3) is 0 Å². The molecule has 3 aromatic carbocycles. The molecular formula is C33H33ClN2O3. The number of hydrogen-bond acceptors (Lipinski definition) is 4. The number of likely N-dealkylation sites (tertiary alicyclic amines) is 1. The van der Waals surface area contributed by atoms with Gasteiger partial charge in [-0.2, -0.15) is 0 Å². The van der Waals surface area contributed by atoms with Gasteiger partial charge in [0, 0.05) is 42.0 Å². The number of aromatic nitrogens is 1. The summed E-state index contributed by atoms with van der Waals surface area (Å²) in [4.78, 5) is 2.60. The lowest BCUT2D eigenvalue weighted by Crippen LogP contribution is -2.74. The maximum absolute atomic E-state index is 13.1. The molecule has 1 aromatic heterocycles. The third-order valence-corrected chi connectivity index (χ3v) is 10.5. The van der Waals surface area contributed by atoms with E-state index in [1.54, 1.807) is 6.07 Å². The molecule has 4 atom stereocenters. The minimum absolute atomic E-state index is 0. The quantitative estimate of drug-likeness (QED) is 0.358. The number of para-hydroxylation sites is 1. The highest BCUT2D eigenvalue weighted by Gasteiger charge is 2.73. The van der Waals surface area contributed by atoms with Crippen molar-refractivity contribution in [2.24, 2.45) is 5.92 Å². The van der Waals surface area contributed by atoms with Gasteiger partial charge in [-0.15, -0.1) is 12.4 Å².